The van der Waals surface area contributed by atoms with Crippen molar-refractivity contribution in [2.24, 2.45) is 0 Å². The number of hydrogen-bond donors (Lipinski definition) is 4. The molecule has 8 aromatic heterocycles. The topological polar surface area (TPSA) is 228 Å². The van der Waals surface area contributed by atoms with Crippen LogP contribution in [0.15, 0.2) is 476 Å². The number of nitrogens with zero attached hydrogens (tertiary/aromatic N) is 9. The fourth-order valence-corrected chi connectivity index (χ4v) is 19.6. The van der Waals surface area contributed by atoms with Crippen LogP contribution in [0.25, 0.3) is 191 Å². The monoisotopic (exact) mass is 2190 g/mol. The van der Waals surface area contributed by atoms with E-state index in [1.165, 1.54) is 20.2 Å². The summed E-state index contributed by atoms with van der Waals surface area (Å²) in [6.07, 6.45) is 1.77. The Kier molecular flexibility index (Phi) is 35.3. The summed E-state index contributed by atoms with van der Waals surface area (Å²) in [7, 11) is 0. The number of hydrogen-bond acceptors (Lipinski definition) is 22. The fourth-order valence-electron chi connectivity index (χ4n) is 15.4. The van der Waals surface area contributed by atoms with E-state index in [0.717, 1.165) is 162 Å². The molecule has 0 aliphatic rings. The molecule has 0 aliphatic heterocycles. The Morgan fingerprint density at radius 3 is 1.06 bits per heavy atom. The first-order chi connectivity index (χ1) is 68.2. The van der Waals surface area contributed by atoms with E-state index >= 15 is 0 Å². The van der Waals surface area contributed by atoms with Crippen molar-refractivity contribution in [3.05, 3.63) is 443 Å². The summed E-state index contributed by atoms with van der Waals surface area (Å²) in [5.41, 5.74) is 18.4. The third-order valence-electron chi connectivity index (χ3n) is 22.0. The minimum Gasteiger partial charge on any atom is -0.779 e. The Bertz CT molecular complexity index is 7990. The number of para-hydroxylation sites is 15. The van der Waals surface area contributed by atoms with Crippen LogP contribution >= 0.6 is 34.0 Å². The van der Waals surface area contributed by atoms with Gasteiger partial charge in [-0.25, -0.2) is 34.9 Å². The molecule has 0 saturated heterocycles. The summed E-state index contributed by atoms with van der Waals surface area (Å²) in [4.78, 5) is 39.3. The third kappa shape index (κ3) is 24.2. The molecule has 27 heteroatoms. The Morgan fingerprint density at radius 1 is 0.245 bits per heavy atom. The second-order valence-corrected chi connectivity index (χ2v) is 36.0. The molecule has 0 atom stereocenters. The first kappa shape index (κ1) is 103. The van der Waals surface area contributed by atoms with Crippen LogP contribution in [0.4, 0.5) is 0 Å². The van der Waals surface area contributed by atoms with Crippen LogP contribution < -0.4 is 0 Å². The molecular formula is C116H77N9O7S7Zn4-2. The molecule has 0 radical (unpaired) electrons. The Labute approximate surface area is 907 Å². The number of aromatic hydroxyl groups is 4. The summed E-state index contributed by atoms with van der Waals surface area (Å²) in [6, 6.07) is 140. The maximum absolute atomic E-state index is 10.3. The molecule has 4 N–H and O–H groups in total. The Balaban J connectivity index is 0.000000123. The second kappa shape index (κ2) is 49.0. The summed E-state index contributed by atoms with van der Waals surface area (Å²) in [5, 5.41) is 47.2. The number of aromatic nitrogens is 9. The quantitative estimate of drug-likeness (QED) is 0.0778. The zero-order chi connectivity index (χ0) is 94.9. The number of oxazole rings is 3. The number of pyridine rings is 1. The number of fused-ring (bicyclic) bond motifs is 9. The number of thiazole rings is 3. The zero-order valence-corrected chi connectivity index (χ0v) is 94.0. The van der Waals surface area contributed by atoms with Crippen molar-refractivity contribution in [2.75, 3.05) is 0 Å². The van der Waals surface area contributed by atoms with E-state index in [9.17, 15) is 20.4 Å². The summed E-state index contributed by atoms with van der Waals surface area (Å²) < 4.78 is 22.4. The van der Waals surface area contributed by atoms with Crippen molar-refractivity contribution in [3.8, 4) is 117 Å². The molecule has 0 fully saturated rings. The van der Waals surface area contributed by atoms with Crippen molar-refractivity contribution in [3.63, 3.8) is 0 Å². The first-order valence-corrected chi connectivity index (χ1v) is 48.0. The molecule has 0 saturated carbocycles. The average molecular weight is 2190 g/mol. The normalized spacial score (nSPS) is 10.5. The van der Waals surface area contributed by atoms with Gasteiger partial charge in [-0.3, -0.25) is 9.55 Å². The maximum atomic E-state index is 10.3. The van der Waals surface area contributed by atoms with Crippen LogP contribution in [-0.4, -0.2) is 64.9 Å². The fraction of sp³-hybridized carbons (Fsp3) is 0. The smallest absolute Gasteiger partial charge is 0.779 e. The Morgan fingerprint density at radius 2 is 0.594 bits per heavy atom. The van der Waals surface area contributed by atoms with Crippen LogP contribution in [0.3, 0.4) is 0 Å². The molecular weight excluding hydrogens is 2120 g/mol. The molecule has 0 unspecified atom stereocenters. The van der Waals surface area contributed by atoms with Crippen LogP contribution in [0.5, 0.6) is 23.0 Å². The van der Waals surface area contributed by atoms with Gasteiger partial charge in [0.2, 0.25) is 17.7 Å². The van der Waals surface area contributed by atoms with Gasteiger partial charge in [-0.1, -0.05) is 285 Å². The third-order valence-corrected chi connectivity index (χ3v) is 26.6. The van der Waals surface area contributed by atoms with Crippen molar-refractivity contribution >= 4 is 181 Å². The van der Waals surface area contributed by atoms with Gasteiger partial charge in [0, 0.05) is 75.9 Å². The van der Waals surface area contributed by atoms with Gasteiger partial charge in [0.15, 0.2) is 16.7 Å². The van der Waals surface area contributed by atoms with E-state index in [2.05, 4.69) is 70.9 Å². The van der Waals surface area contributed by atoms with Crippen LogP contribution in [0.2, 0.25) is 0 Å². The van der Waals surface area contributed by atoms with Crippen LogP contribution in [-0.2, 0) is 128 Å². The Hall–Kier alpha value is -14.2. The van der Waals surface area contributed by atoms with Gasteiger partial charge in [0.05, 0.1) is 69.6 Å². The van der Waals surface area contributed by atoms with E-state index in [1.807, 2.05) is 352 Å². The van der Waals surface area contributed by atoms with Gasteiger partial charge >= 0.3 is 19.5 Å². The molecule has 16 nitrogen and oxygen atoms in total. The molecule has 8 heterocycles. The average Bonchev–Trinajstić information content (AvgIpc) is 1.66. The van der Waals surface area contributed by atoms with E-state index in [0.29, 0.717) is 28.8 Å². The van der Waals surface area contributed by atoms with Gasteiger partial charge in [0.25, 0.3) is 0 Å². The molecule has 18 aromatic carbocycles. The van der Waals surface area contributed by atoms with Gasteiger partial charge in [-0.15, -0.1) is 34.0 Å². The largest absolute Gasteiger partial charge is 2.00 e. The van der Waals surface area contributed by atoms with Crippen molar-refractivity contribution in [1.29, 1.82) is 0 Å². The standard InChI is InChI=1S/C19H14N2O.C17H11NOS.C17H11NS2.2C13H9NO2.C13H9NOS.C13H9NS2.C11H9NS.4Zn/c22-18-13-7-4-10-15(18)19-20-16-11-5-6-12-17(16)21(19)14-8-2-1-3-9-14;2*19-14-10-9-11-5-1-2-6-12(11)16(14)17-18-13-7-3-4-8-15(13)20-17;2*15-11-7-3-1-5-9(11)13-14-10-6-2-4-8-12(10)16-13;16-12-8-4-1-5-9(12)13-14-10-6-2-3-7-11(10)15-13;15-11-7-3-1-5-9(11)13-14-10-6-2-4-8-12(10)16-13;13-11-7-2-1-5-9(11)10-6-3-4-8-12-10;;;;/h1-13,22H;2*1-10,19H;2*1-8,15H;1-8,16H;1-8,15H;1-8,13H;;;;/q;;;;;;;;;;;+2/p-4. The predicted octanol–water partition coefficient (Wildman–Crippen LogP) is 30.6. The minimum absolute atomic E-state index is 0. The van der Waals surface area contributed by atoms with E-state index in [1.54, 1.807) is 88.7 Å². The summed E-state index contributed by atoms with van der Waals surface area (Å²) >= 11 is 26.3. The number of rotatable bonds is 9. The molecule has 0 amide bonds. The van der Waals surface area contributed by atoms with Crippen LogP contribution in [0, 0.1) is 0 Å². The van der Waals surface area contributed by atoms with E-state index in [4.69, 9.17) is 73.7 Å². The molecule has 143 heavy (non-hydrogen) atoms. The molecule has 0 bridgehead atoms. The predicted molar refractivity (Wildman–Crippen MR) is 574 cm³/mol. The van der Waals surface area contributed by atoms with Crippen molar-refractivity contribution in [1.82, 2.24) is 44.4 Å². The van der Waals surface area contributed by atoms with Crippen molar-refractivity contribution < 1.29 is 112 Å². The molecule has 0 spiro atoms. The van der Waals surface area contributed by atoms with Gasteiger partial charge in [-0.2, -0.15) is 19.6 Å². The first-order valence-electron chi connectivity index (χ1n) is 43.9. The molecule has 26 aromatic rings. The number of benzene rings is 18. The van der Waals surface area contributed by atoms with E-state index < -0.39 is 0 Å². The molecule has 26 rings (SSSR count). The zero-order valence-electron chi connectivity index (χ0n) is 76.4. The summed E-state index contributed by atoms with van der Waals surface area (Å²) in [5.74, 6) is 3.08. The number of phenols is 4. The van der Waals surface area contributed by atoms with Gasteiger partial charge < -0.3 is 84.2 Å². The van der Waals surface area contributed by atoms with Crippen molar-refractivity contribution in [2.45, 2.75) is 19.6 Å². The molecule has 0 aliphatic carbocycles. The number of imidazole rings is 1. The minimum atomic E-state index is 0. The van der Waals surface area contributed by atoms with Gasteiger partial charge in [-0.05, 0) is 190 Å². The second-order valence-electron chi connectivity index (χ2n) is 31.1. The number of phenolic OH excluding ortho intramolecular Hbond substituents is 4. The van der Waals surface area contributed by atoms with Crippen LogP contribution in [0.1, 0.15) is 0 Å². The van der Waals surface area contributed by atoms with E-state index in [-0.39, 0.29) is 101 Å². The molecule has 680 valence electrons. The SMILES string of the molecule is Oc1ccc2ccccc2c1-c1nc2ccccc2s1.Oc1ccccc1-c1nc2ccccc2n1-c1ccccc1.Oc1ccccc1-c1nc2ccccc2o1.Oc1ccccc1-c1nc2ccccc2o1.[S-]c1ccc2ccccc2c1-c1nc2ccccc2s1.[S-]c1ccccc1-c1ccccn1.[S-]c1ccccc1-c1nc2ccccc2o1.[S-]c1ccccc1-c1nc2ccccc2s1.[Zn+2].[Zn].[Zn].[Zn]. The summed E-state index contributed by atoms with van der Waals surface area (Å²) in [6.45, 7) is 0. The maximum Gasteiger partial charge on any atom is 2.00 e. The van der Waals surface area contributed by atoms with Gasteiger partial charge in [0.1, 0.15) is 60.4 Å².